The van der Waals surface area contributed by atoms with Crippen LogP contribution in [0.5, 0.6) is 0 Å². The molecule has 5 atom stereocenters. The molecule has 0 bridgehead atoms. The number of nitrogens with zero attached hydrogens (tertiary/aromatic N) is 1. The first-order valence-corrected chi connectivity index (χ1v) is 21.1. The maximum Gasteiger partial charge on any atom is 0.169 e. The molecule has 2 fully saturated rings. The number of rotatable bonds is 28. The maximum atomic E-state index is 6.93. The van der Waals surface area contributed by atoms with E-state index in [4.69, 9.17) is 9.47 Å². The molecule has 1 saturated carbocycles. The first kappa shape index (κ1) is 44.8. The third kappa shape index (κ3) is 22.3. The molecule has 2 aliphatic rings. The van der Waals surface area contributed by atoms with Gasteiger partial charge in [0.25, 0.3) is 0 Å². The zero-order valence-corrected chi connectivity index (χ0v) is 33.7. The van der Waals surface area contributed by atoms with Crippen molar-refractivity contribution in [2.45, 2.75) is 174 Å². The summed E-state index contributed by atoms with van der Waals surface area (Å²) in [6.07, 6.45) is 55.9. The van der Waals surface area contributed by atoms with Crippen molar-refractivity contribution in [3.8, 4) is 11.8 Å². The second-order valence-corrected chi connectivity index (χ2v) is 15.1. The molecule has 0 aromatic heterocycles. The average molecular weight is 700 g/mol. The Morgan fingerprint density at radius 3 is 2.18 bits per heavy atom. The molecule has 0 aromatic carbocycles. The SMILES string of the molecule is CC/C=C/C\C=C/C=C\C=C/CCCC/C=C/CCC1(CCCCC(C)/C=C/CC#CCC/C=C\CCCCC)O[C@H]2CCC(CN(C)C)[C@H]2O1. The van der Waals surface area contributed by atoms with Crippen molar-refractivity contribution >= 4 is 0 Å². The Morgan fingerprint density at radius 1 is 0.686 bits per heavy atom. The van der Waals surface area contributed by atoms with Crippen molar-refractivity contribution in [2.75, 3.05) is 20.6 Å². The zero-order valence-electron chi connectivity index (χ0n) is 33.7. The van der Waals surface area contributed by atoms with Crippen LogP contribution in [0.25, 0.3) is 0 Å². The minimum absolute atomic E-state index is 0.253. The molecule has 3 nitrogen and oxygen atoms in total. The molecule has 286 valence electrons. The monoisotopic (exact) mass is 700 g/mol. The van der Waals surface area contributed by atoms with Gasteiger partial charge >= 0.3 is 0 Å². The molecule has 1 saturated heterocycles. The van der Waals surface area contributed by atoms with Crippen LogP contribution in [0.15, 0.2) is 85.1 Å². The van der Waals surface area contributed by atoms with E-state index in [0.29, 0.717) is 11.8 Å². The molecule has 1 aliphatic heterocycles. The quantitative estimate of drug-likeness (QED) is 0.0351. The number of fused-ring (bicyclic) bond motifs is 1. The van der Waals surface area contributed by atoms with E-state index < -0.39 is 5.79 Å². The summed E-state index contributed by atoms with van der Waals surface area (Å²) in [5.74, 6) is 7.41. The highest BCUT2D eigenvalue weighted by Crippen LogP contribution is 2.46. The van der Waals surface area contributed by atoms with Gasteiger partial charge in [-0.3, -0.25) is 0 Å². The van der Waals surface area contributed by atoms with Crippen molar-refractivity contribution in [1.29, 1.82) is 0 Å². The van der Waals surface area contributed by atoms with Gasteiger partial charge in [-0.15, -0.1) is 5.92 Å². The molecule has 0 spiro atoms. The van der Waals surface area contributed by atoms with Gasteiger partial charge in [-0.2, -0.15) is 0 Å². The average Bonchev–Trinajstić information content (AvgIpc) is 3.66. The third-order valence-electron chi connectivity index (χ3n) is 9.95. The van der Waals surface area contributed by atoms with Gasteiger partial charge in [0.2, 0.25) is 0 Å². The molecule has 0 aromatic rings. The summed E-state index contributed by atoms with van der Waals surface area (Å²) in [5.41, 5.74) is 0. The number of allylic oxidation sites excluding steroid dienone is 14. The Labute approximate surface area is 316 Å². The summed E-state index contributed by atoms with van der Waals surface area (Å²) in [7, 11) is 4.36. The maximum absolute atomic E-state index is 6.93. The van der Waals surface area contributed by atoms with E-state index in [1.54, 1.807) is 0 Å². The number of unbranched alkanes of at least 4 members (excludes halogenated alkanes) is 8. The summed E-state index contributed by atoms with van der Waals surface area (Å²) in [4.78, 5) is 2.31. The van der Waals surface area contributed by atoms with E-state index in [1.165, 1.54) is 57.8 Å². The Hall–Kier alpha value is -2.38. The standard InChI is InChI=1S/C48H77NO2/c1-6-8-10-12-14-16-18-20-21-22-23-24-26-28-30-32-35-41-48(50-46-40-39-45(43-49(4)5)47(46)51-48)42-36-34-38-44(3)37-33-31-29-27-25-19-17-15-13-11-9-7-2/h8,10,14-18,20-22,30,32-33,37,44-47H,6-7,9,11-13,19,23-26,28,31,34-36,38-43H2,1-5H3/b10-8+,16-14-,17-15-,20-18-,22-21-,32-30+,37-33+/t44?,45?,46-,47+,48?/m0/s1. The fourth-order valence-electron chi connectivity index (χ4n) is 7.13. The normalized spacial score (nSPS) is 23.1. The van der Waals surface area contributed by atoms with E-state index in [2.05, 4.69) is 137 Å². The van der Waals surface area contributed by atoms with Gasteiger partial charge in [0, 0.05) is 38.1 Å². The molecule has 1 aliphatic carbocycles. The van der Waals surface area contributed by atoms with Crippen molar-refractivity contribution in [3.63, 3.8) is 0 Å². The summed E-state index contributed by atoms with van der Waals surface area (Å²) < 4.78 is 13.8. The van der Waals surface area contributed by atoms with Crippen LogP contribution in [-0.2, 0) is 9.47 Å². The lowest BCUT2D eigenvalue weighted by Crippen LogP contribution is -2.35. The Bertz CT molecular complexity index is 1130. The van der Waals surface area contributed by atoms with Crippen LogP contribution in [0, 0.1) is 23.7 Å². The van der Waals surface area contributed by atoms with Crippen LogP contribution in [0.2, 0.25) is 0 Å². The summed E-state index contributed by atoms with van der Waals surface area (Å²) in [5, 5.41) is 0. The van der Waals surface area contributed by atoms with E-state index in [9.17, 15) is 0 Å². The molecule has 0 amide bonds. The minimum atomic E-state index is -0.413. The molecule has 3 heteroatoms. The zero-order chi connectivity index (χ0) is 36.7. The summed E-state index contributed by atoms with van der Waals surface area (Å²) >= 11 is 0. The molecular formula is C48H77NO2. The van der Waals surface area contributed by atoms with Gasteiger partial charge in [0.05, 0.1) is 12.2 Å². The fourth-order valence-corrected chi connectivity index (χ4v) is 7.13. The number of hydrogen-bond acceptors (Lipinski definition) is 3. The third-order valence-corrected chi connectivity index (χ3v) is 9.95. The topological polar surface area (TPSA) is 21.7 Å². The van der Waals surface area contributed by atoms with Gasteiger partial charge in [-0.05, 0) is 110 Å². The van der Waals surface area contributed by atoms with Crippen LogP contribution in [0.4, 0.5) is 0 Å². The minimum Gasteiger partial charge on any atom is -0.344 e. The molecule has 0 N–H and O–H groups in total. The van der Waals surface area contributed by atoms with Gasteiger partial charge in [-0.25, -0.2) is 0 Å². The number of hydrogen-bond donors (Lipinski definition) is 0. The van der Waals surface area contributed by atoms with E-state index in [1.807, 2.05) is 0 Å². The van der Waals surface area contributed by atoms with Gasteiger partial charge in [0.15, 0.2) is 5.79 Å². The van der Waals surface area contributed by atoms with Crippen molar-refractivity contribution in [2.24, 2.45) is 11.8 Å². The van der Waals surface area contributed by atoms with Crippen LogP contribution in [0.1, 0.15) is 156 Å². The highest BCUT2D eigenvalue weighted by Gasteiger charge is 2.52. The number of ether oxygens (including phenoxy) is 2. The first-order chi connectivity index (χ1) is 25.0. The predicted octanol–water partition coefficient (Wildman–Crippen LogP) is 13.4. The molecule has 51 heavy (non-hydrogen) atoms. The molecule has 2 rings (SSSR count). The lowest BCUT2D eigenvalue weighted by Gasteiger charge is -2.30. The Kier molecular flexibility index (Phi) is 26.4. The van der Waals surface area contributed by atoms with Crippen molar-refractivity contribution in [3.05, 3.63) is 85.1 Å². The van der Waals surface area contributed by atoms with E-state index >= 15 is 0 Å². The van der Waals surface area contributed by atoms with Crippen molar-refractivity contribution in [1.82, 2.24) is 4.90 Å². The van der Waals surface area contributed by atoms with Crippen LogP contribution < -0.4 is 0 Å². The van der Waals surface area contributed by atoms with Crippen LogP contribution in [0.3, 0.4) is 0 Å². The van der Waals surface area contributed by atoms with Crippen LogP contribution >= 0.6 is 0 Å². The highest BCUT2D eigenvalue weighted by atomic mass is 16.8. The predicted molar refractivity (Wildman–Crippen MR) is 224 cm³/mol. The molecule has 1 heterocycles. The summed E-state index contributed by atoms with van der Waals surface area (Å²) in [6, 6.07) is 0. The van der Waals surface area contributed by atoms with Crippen LogP contribution in [-0.4, -0.2) is 43.5 Å². The Morgan fingerprint density at radius 2 is 1.41 bits per heavy atom. The van der Waals surface area contributed by atoms with Gasteiger partial charge in [0.1, 0.15) is 0 Å². The van der Waals surface area contributed by atoms with E-state index in [0.717, 1.165) is 83.6 Å². The van der Waals surface area contributed by atoms with E-state index in [-0.39, 0.29) is 12.2 Å². The van der Waals surface area contributed by atoms with Gasteiger partial charge in [-0.1, -0.05) is 131 Å². The van der Waals surface area contributed by atoms with Gasteiger partial charge < -0.3 is 14.4 Å². The Balaban J connectivity index is 1.69. The molecule has 0 radical (unpaired) electrons. The lowest BCUT2D eigenvalue weighted by atomic mass is 9.97. The second-order valence-electron chi connectivity index (χ2n) is 15.1. The summed E-state index contributed by atoms with van der Waals surface area (Å²) in [6.45, 7) is 7.85. The smallest absolute Gasteiger partial charge is 0.169 e. The largest absolute Gasteiger partial charge is 0.344 e. The first-order valence-electron chi connectivity index (χ1n) is 21.1. The molecular weight excluding hydrogens is 623 g/mol. The lowest BCUT2D eigenvalue weighted by molar-refractivity contribution is -0.193. The second kappa shape index (κ2) is 30.1. The highest BCUT2D eigenvalue weighted by molar-refractivity contribution is 5.12. The molecule has 3 unspecified atom stereocenters. The van der Waals surface area contributed by atoms with Crippen molar-refractivity contribution < 1.29 is 9.47 Å². The fraction of sp³-hybridized carbons (Fsp3) is 0.667.